The van der Waals surface area contributed by atoms with Gasteiger partial charge in [0.1, 0.15) is 11.0 Å². The largest absolute Gasteiger partial charge is 0.184 e. The van der Waals surface area contributed by atoms with E-state index in [1.54, 1.807) is 0 Å². The zero-order chi connectivity index (χ0) is 14.8. The highest BCUT2D eigenvalue weighted by Crippen LogP contribution is 2.11. The van der Waals surface area contributed by atoms with Crippen LogP contribution in [0.25, 0.3) is 11.0 Å². The van der Waals surface area contributed by atoms with E-state index in [4.69, 9.17) is 0 Å². The normalized spacial score (nSPS) is 11.3. The van der Waals surface area contributed by atoms with Crippen molar-refractivity contribution in [3.8, 4) is 0 Å². The maximum atomic E-state index is 4.49. The summed E-state index contributed by atoms with van der Waals surface area (Å²) in [7, 11) is 0. The number of benzene rings is 1. The van der Waals surface area contributed by atoms with Crippen LogP contribution in [0.2, 0.25) is 0 Å². The van der Waals surface area contributed by atoms with Gasteiger partial charge in [0.15, 0.2) is 0 Å². The Morgan fingerprint density at radius 2 is 1.19 bits per heavy atom. The second kappa shape index (κ2) is 9.54. The molecule has 0 atom stereocenters. The number of nitrogens with zero attached hydrogens (tertiary/aromatic N) is 3. The molecular weight excluding hydrogens is 258 g/mol. The number of hydrogen-bond donors (Lipinski definition) is 0. The smallest absolute Gasteiger partial charge is 0.113 e. The predicted molar refractivity (Wildman–Crippen MR) is 89.4 cm³/mol. The summed E-state index contributed by atoms with van der Waals surface area (Å²) in [4.78, 5) is 1.86. The first-order valence-electron chi connectivity index (χ1n) is 8.70. The Hall–Kier alpha value is -1.38. The van der Waals surface area contributed by atoms with E-state index < -0.39 is 0 Å². The molecule has 3 nitrogen and oxygen atoms in total. The van der Waals surface area contributed by atoms with E-state index in [2.05, 4.69) is 17.1 Å². The van der Waals surface area contributed by atoms with Crippen molar-refractivity contribution < 1.29 is 0 Å². The number of aromatic nitrogens is 3. The second-order valence-electron chi connectivity index (χ2n) is 5.97. The van der Waals surface area contributed by atoms with Crippen molar-refractivity contribution in [2.24, 2.45) is 0 Å². The van der Waals surface area contributed by atoms with Gasteiger partial charge in [-0.05, 0) is 18.6 Å². The Bertz CT molecular complexity index is 471. The van der Waals surface area contributed by atoms with Crippen LogP contribution in [0, 0.1) is 0 Å². The van der Waals surface area contributed by atoms with Gasteiger partial charge in [-0.15, -0.1) is 0 Å². The summed E-state index contributed by atoms with van der Waals surface area (Å²) < 4.78 is 0. The standard InChI is InChI=1S/C18H29N3/c1-2-3-4-5-6-7-8-9-10-13-16-21-19-17-14-11-12-15-18(17)20-21/h11-12,14-15H,2-10,13,16H2,1H3. The van der Waals surface area contributed by atoms with Gasteiger partial charge in [0.05, 0.1) is 6.54 Å². The summed E-state index contributed by atoms with van der Waals surface area (Å²) in [5.41, 5.74) is 2.01. The Kier molecular flexibility index (Phi) is 7.27. The molecule has 0 radical (unpaired) electrons. The number of hydrogen-bond acceptors (Lipinski definition) is 2. The zero-order valence-corrected chi connectivity index (χ0v) is 13.4. The average molecular weight is 287 g/mol. The fraction of sp³-hybridized carbons (Fsp3) is 0.667. The summed E-state index contributed by atoms with van der Waals surface area (Å²) in [5, 5.41) is 8.99. The van der Waals surface area contributed by atoms with Crippen LogP contribution < -0.4 is 0 Å². The minimum absolute atomic E-state index is 0.950. The van der Waals surface area contributed by atoms with Crippen LogP contribution in [0.15, 0.2) is 24.3 Å². The molecule has 0 aliphatic carbocycles. The SMILES string of the molecule is CCCCCCCCCCCCn1nc2ccccc2n1. The van der Waals surface area contributed by atoms with Gasteiger partial charge in [0.2, 0.25) is 0 Å². The lowest BCUT2D eigenvalue weighted by Crippen LogP contribution is -2.01. The Morgan fingerprint density at radius 3 is 1.71 bits per heavy atom. The minimum atomic E-state index is 0.950. The lowest BCUT2D eigenvalue weighted by atomic mass is 10.1. The Morgan fingerprint density at radius 1 is 0.714 bits per heavy atom. The van der Waals surface area contributed by atoms with Gasteiger partial charge in [0.25, 0.3) is 0 Å². The molecule has 0 aliphatic heterocycles. The van der Waals surface area contributed by atoms with Crippen molar-refractivity contribution in [2.75, 3.05) is 0 Å². The zero-order valence-electron chi connectivity index (χ0n) is 13.4. The Labute approximate surface area is 128 Å². The fourth-order valence-corrected chi connectivity index (χ4v) is 2.75. The van der Waals surface area contributed by atoms with Crippen LogP contribution >= 0.6 is 0 Å². The molecule has 3 heteroatoms. The third kappa shape index (κ3) is 5.86. The van der Waals surface area contributed by atoms with Gasteiger partial charge in [-0.1, -0.05) is 76.8 Å². The molecule has 2 rings (SSSR count). The Balaban J connectivity index is 1.50. The van der Waals surface area contributed by atoms with Crippen molar-refractivity contribution in [1.82, 2.24) is 15.0 Å². The highest BCUT2D eigenvalue weighted by atomic mass is 15.5. The summed E-state index contributed by atoms with van der Waals surface area (Å²) in [5.74, 6) is 0. The number of rotatable bonds is 11. The van der Waals surface area contributed by atoms with Gasteiger partial charge < -0.3 is 0 Å². The fourth-order valence-electron chi connectivity index (χ4n) is 2.75. The first-order valence-corrected chi connectivity index (χ1v) is 8.70. The molecule has 0 N–H and O–H groups in total. The van der Waals surface area contributed by atoms with Crippen molar-refractivity contribution in [1.29, 1.82) is 0 Å². The van der Waals surface area contributed by atoms with Crippen molar-refractivity contribution in [2.45, 2.75) is 77.7 Å². The van der Waals surface area contributed by atoms with Gasteiger partial charge in [0, 0.05) is 0 Å². The molecule has 0 amide bonds. The highest BCUT2D eigenvalue weighted by molar-refractivity contribution is 5.72. The van der Waals surface area contributed by atoms with Gasteiger partial charge in [-0.3, -0.25) is 0 Å². The molecule has 1 aromatic heterocycles. The second-order valence-corrected chi connectivity index (χ2v) is 5.97. The molecule has 0 aliphatic rings. The van der Waals surface area contributed by atoms with Crippen LogP contribution in [-0.4, -0.2) is 15.0 Å². The quantitative estimate of drug-likeness (QED) is 0.521. The summed E-state index contributed by atoms with van der Waals surface area (Å²) in [6.45, 7) is 3.22. The van der Waals surface area contributed by atoms with Crippen LogP contribution in [0.5, 0.6) is 0 Å². The van der Waals surface area contributed by atoms with E-state index >= 15 is 0 Å². The van der Waals surface area contributed by atoms with Crippen molar-refractivity contribution in [3.63, 3.8) is 0 Å². The van der Waals surface area contributed by atoms with E-state index in [0.29, 0.717) is 0 Å². The third-order valence-corrected chi connectivity index (χ3v) is 4.04. The van der Waals surface area contributed by atoms with E-state index in [0.717, 1.165) is 17.6 Å². The van der Waals surface area contributed by atoms with Crippen LogP contribution in [0.4, 0.5) is 0 Å². The highest BCUT2D eigenvalue weighted by Gasteiger charge is 2.00. The summed E-state index contributed by atoms with van der Waals surface area (Å²) in [6.07, 6.45) is 13.7. The number of unbranched alkanes of at least 4 members (excludes halogenated alkanes) is 9. The molecule has 1 aromatic carbocycles. The molecule has 0 spiro atoms. The third-order valence-electron chi connectivity index (χ3n) is 4.04. The lowest BCUT2D eigenvalue weighted by molar-refractivity contribution is 0.483. The number of fused-ring (bicyclic) bond motifs is 1. The molecule has 0 saturated carbocycles. The minimum Gasteiger partial charge on any atom is -0.184 e. The first kappa shape index (κ1) is 16.0. The monoisotopic (exact) mass is 287 g/mol. The van der Waals surface area contributed by atoms with Gasteiger partial charge >= 0.3 is 0 Å². The van der Waals surface area contributed by atoms with Crippen LogP contribution in [0.3, 0.4) is 0 Å². The molecule has 0 fully saturated rings. The predicted octanol–water partition coefficient (Wildman–Crippen LogP) is 5.35. The van der Waals surface area contributed by atoms with E-state index in [1.807, 2.05) is 29.1 Å². The van der Waals surface area contributed by atoms with Gasteiger partial charge in [-0.25, -0.2) is 0 Å². The molecule has 0 bridgehead atoms. The van der Waals surface area contributed by atoms with Crippen LogP contribution in [-0.2, 0) is 6.54 Å². The molecule has 2 aromatic rings. The molecule has 116 valence electrons. The van der Waals surface area contributed by atoms with E-state index in [1.165, 1.54) is 64.2 Å². The molecule has 0 saturated heterocycles. The summed E-state index contributed by atoms with van der Waals surface area (Å²) in [6, 6.07) is 8.08. The van der Waals surface area contributed by atoms with E-state index in [9.17, 15) is 0 Å². The van der Waals surface area contributed by atoms with Crippen molar-refractivity contribution >= 4 is 11.0 Å². The first-order chi connectivity index (χ1) is 10.4. The van der Waals surface area contributed by atoms with Crippen LogP contribution in [0.1, 0.15) is 71.1 Å². The topological polar surface area (TPSA) is 30.7 Å². The molecule has 0 unspecified atom stereocenters. The number of aryl methyl sites for hydroxylation is 1. The maximum Gasteiger partial charge on any atom is 0.113 e. The summed E-state index contributed by atoms with van der Waals surface area (Å²) >= 11 is 0. The van der Waals surface area contributed by atoms with E-state index in [-0.39, 0.29) is 0 Å². The molecule has 21 heavy (non-hydrogen) atoms. The van der Waals surface area contributed by atoms with Crippen molar-refractivity contribution in [3.05, 3.63) is 24.3 Å². The van der Waals surface area contributed by atoms with Gasteiger partial charge in [-0.2, -0.15) is 15.0 Å². The maximum absolute atomic E-state index is 4.49. The average Bonchev–Trinajstić information content (AvgIpc) is 2.92. The lowest BCUT2D eigenvalue weighted by Gasteiger charge is -2.02. The molecule has 1 heterocycles. The molecular formula is C18H29N3.